The van der Waals surface area contributed by atoms with Crippen LogP contribution in [-0.2, 0) is 6.54 Å². The van der Waals surface area contributed by atoms with Gasteiger partial charge in [0.15, 0.2) is 11.6 Å². The number of thiophene rings is 1. The average Bonchev–Trinajstić information content (AvgIpc) is 2.69. The van der Waals surface area contributed by atoms with E-state index in [1.807, 2.05) is 16.8 Å². The molecule has 0 aliphatic rings. The summed E-state index contributed by atoms with van der Waals surface area (Å²) in [6.45, 7) is 0.485. The molecule has 0 saturated heterocycles. The summed E-state index contributed by atoms with van der Waals surface area (Å²) in [5.74, 6) is -1.28. The van der Waals surface area contributed by atoms with Gasteiger partial charge in [0.05, 0.1) is 6.20 Å². The van der Waals surface area contributed by atoms with Crippen molar-refractivity contribution in [1.82, 2.24) is 4.98 Å². The smallest absolute Gasteiger partial charge is 0.168 e. The van der Waals surface area contributed by atoms with Crippen LogP contribution in [0.3, 0.4) is 0 Å². The minimum atomic E-state index is -0.676. The highest BCUT2D eigenvalue weighted by atomic mass is 32.1. The van der Waals surface area contributed by atoms with Gasteiger partial charge in [0.25, 0.3) is 0 Å². The van der Waals surface area contributed by atoms with E-state index < -0.39 is 11.6 Å². The molecule has 0 radical (unpaired) electrons. The Bertz CT molecular complexity index is 443. The Labute approximate surface area is 89.6 Å². The number of halogens is 2. The Morgan fingerprint density at radius 1 is 1.40 bits per heavy atom. The normalized spacial score (nSPS) is 10.3. The molecule has 0 aliphatic heterocycles. The van der Waals surface area contributed by atoms with Crippen LogP contribution in [0.15, 0.2) is 29.1 Å². The topological polar surface area (TPSA) is 24.9 Å². The van der Waals surface area contributed by atoms with Crippen LogP contribution in [0.2, 0.25) is 0 Å². The quantitative estimate of drug-likeness (QED) is 0.870. The standard InChI is InChI=1S/C10H8F2N2S/c11-8-3-9(12)10(14-5-8)13-4-7-1-2-15-6-7/h1-3,5-6H,4H2,(H,13,14). The first-order valence-corrected chi connectivity index (χ1v) is 5.26. The maximum atomic E-state index is 13.1. The van der Waals surface area contributed by atoms with Crippen molar-refractivity contribution in [2.45, 2.75) is 6.54 Å². The number of hydrogen-bond donors (Lipinski definition) is 1. The van der Waals surface area contributed by atoms with E-state index in [0.717, 1.165) is 17.8 Å². The van der Waals surface area contributed by atoms with Crippen molar-refractivity contribution in [2.24, 2.45) is 0 Å². The first kappa shape index (κ1) is 10.0. The highest BCUT2D eigenvalue weighted by molar-refractivity contribution is 7.07. The van der Waals surface area contributed by atoms with Crippen LogP contribution in [0.5, 0.6) is 0 Å². The van der Waals surface area contributed by atoms with E-state index in [1.165, 1.54) is 0 Å². The Hall–Kier alpha value is -1.49. The van der Waals surface area contributed by atoms with Crippen LogP contribution in [0.25, 0.3) is 0 Å². The summed E-state index contributed by atoms with van der Waals surface area (Å²) >= 11 is 1.57. The number of rotatable bonds is 3. The van der Waals surface area contributed by atoms with Gasteiger partial charge in [-0.1, -0.05) is 0 Å². The average molecular weight is 226 g/mol. The predicted octanol–water partition coefficient (Wildman–Crippen LogP) is 3.03. The molecule has 0 aliphatic carbocycles. The molecule has 2 heterocycles. The molecular weight excluding hydrogens is 218 g/mol. The number of nitrogens with zero attached hydrogens (tertiary/aromatic N) is 1. The van der Waals surface area contributed by atoms with E-state index >= 15 is 0 Å². The van der Waals surface area contributed by atoms with Gasteiger partial charge in [-0.2, -0.15) is 11.3 Å². The molecule has 2 aromatic heterocycles. The Morgan fingerprint density at radius 3 is 2.93 bits per heavy atom. The number of nitrogens with one attached hydrogen (secondary N) is 1. The first-order chi connectivity index (χ1) is 7.25. The van der Waals surface area contributed by atoms with Gasteiger partial charge in [-0.3, -0.25) is 0 Å². The molecule has 0 amide bonds. The van der Waals surface area contributed by atoms with Gasteiger partial charge >= 0.3 is 0 Å². The number of pyridine rings is 1. The highest BCUT2D eigenvalue weighted by Crippen LogP contribution is 2.13. The van der Waals surface area contributed by atoms with Crippen LogP contribution in [0.4, 0.5) is 14.6 Å². The van der Waals surface area contributed by atoms with Gasteiger partial charge in [0.1, 0.15) is 5.82 Å². The molecule has 1 N–H and O–H groups in total. The third kappa shape index (κ3) is 2.50. The van der Waals surface area contributed by atoms with Gasteiger partial charge in [0.2, 0.25) is 0 Å². The third-order valence-electron chi connectivity index (χ3n) is 1.85. The molecule has 0 saturated carbocycles. The predicted molar refractivity (Wildman–Crippen MR) is 55.8 cm³/mol. The van der Waals surface area contributed by atoms with Crippen molar-refractivity contribution >= 4 is 17.2 Å². The second-order valence-electron chi connectivity index (χ2n) is 2.97. The third-order valence-corrected chi connectivity index (χ3v) is 2.58. The summed E-state index contributed by atoms with van der Waals surface area (Å²) in [4.78, 5) is 3.62. The fraction of sp³-hybridized carbons (Fsp3) is 0.100. The highest BCUT2D eigenvalue weighted by Gasteiger charge is 2.04. The van der Waals surface area contributed by atoms with E-state index in [0.29, 0.717) is 6.54 Å². The van der Waals surface area contributed by atoms with Gasteiger partial charge in [-0.05, 0) is 22.4 Å². The second kappa shape index (κ2) is 4.35. The van der Waals surface area contributed by atoms with E-state index in [9.17, 15) is 8.78 Å². The largest absolute Gasteiger partial charge is 0.364 e. The summed E-state index contributed by atoms with van der Waals surface area (Å²) in [6, 6.07) is 2.74. The van der Waals surface area contributed by atoms with E-state index in [1.54, 1.807) is 11.3 Å². The van der Waals surface area contributed by atoms with Crippen molar-refractivity contribution in [3.8, 4) is 0 Å². The molecule has 0 aromatic carbocycles. The molecule has 2 rings (SSSR count). The van der Waals surface area contributed by atoms with Crippen molar-refractivity contribution in [2.75, 3.05) is 5.32 Å². The summed E-state index contributed by atoms with van der Waals surface area (Å²) in [5, 5.41) is 6.69. The van der Waals surface area contributed by atoms with Crippen LogP contribution >= 0.6 is 11.3 Å². The SMILES string of the molecule is Fc1cnc(NCc2ccsc2)c(F)c1. The molecule has 0 atom stereocenters. The first-order valence-electron chi connectivity index (χ1n) is 4.31. The molecular formula is C10H8F2N2S. The number of anilines is 1. The lowest BCUT2D eigenvalue weighted by atomic mass is 10.3. The van der Waals surface area contributed by atoms with Crippen LogP contribution < -0.4 is 5.32 Å². The van der Waals surface area contributed by atoms with Crippen molar-refractivity contribution < 1.29 is 8.78 Å². The molecule has 5 heteroatoms. The van der Waals surface area contributed by atoms with Gasteiger partial charge in [-0.15, -0.1) is 0 Å². The minimum absolute atomic E-state index is 0.0719. The van der Waals surface area contributed by atoms with Crippen molar-refractivity contribution in [3.63, 3.8) is 0 Å². The summed E-state index contributed by atoms with van der Waals surface area (Å²) in [6.07, 6.45) is 0.985. The van der Waals surface area contributed by atoms with Crippen LogP contribution in [0.1, 0.15) is 5.56 Å². The lowest BCUT2D eigenvalue weighted by Crippen LogP contribution is -2.03. The van der Waals surface area contributed by atoms with Crippen LogP contribution in [0, 0.1) is 11.6 Å². The maximum Gasteiger partial charge on any atom is 0.168 e. The van der Waals surface area contributed by atoms with E-state index in [-0.39, 0.29) is 5.82 Å². The molecule has 2 nitrogen and oxygen atoms in total. The monoisotopic (exact) mass is 226 g/mol. The number of hydrogen-bond acceptors (Lipinski definition) is 3. The molecule has 0 unspecified atom stereocenters. The van der Waals surface area contributed by atoms with Gasteiger partial charge in [-0.25, -0.2) is 13.8 Å². The minimum Gasteiger partial charge on any atom is -0.364 e. The van der Waals surface area contributed by atoms with Crippen molar-refractivity contribution in [3.05, 3.63) is 46.3 Å². The lowest BCUT2D eigenvalue weighted by Gasteiger charge is -2.04. The van der Waals surface area contributed by atoms with E-state index in [4.69, 9.17) is 0 Å². The zero-order valence-electron chi connectivity index (χ0n) is 7.71. The maximum absolute atomic E-state index is 13.1. The van der Waals surface area contributed by atoms with Crippen molar-refractivity contribution in [1.29, 1.82) is 0 Å². The molecule has 0 bridgehead atoms. The van der Waals surface area contributed by atoms with Gasteiger partial charge in [0, 0.05) is 12.6 Å². The molecule has 2 aromatic rings. The Balaban J connectivity index is 2.05. The zero-order valence-corrected chi connectivity index (χ0v) is 8.52. The van der Waals surface area contributed by atoms with Gasteiger partial charge < -0.3 is 5.32 Å². The van der Waals surface area contributed by atoms with E-state index in [2.05, 4.69) is 10.3 Å². The molecule has 0 fully saturated rings. The summed E-state index contributed by atoms with van der Waals surface area (Å²) in [7, 11) is 0. The molecule has 78 valence electrons. The second-order valence-corrected chi connectivity index (χ2v) is 3.75. The lowest BCUT2D eigenvalue weighted by molar-refractivity contribution is 0.575. The molecule has 15 heavy (non-hydrogen) atoms. The Kier molecular flexibility index (Phi) is 2.91. The summed E-state index contributed by atoms with van der Waals surface area (Å²) in [5.41, 5.74) is 1.05. The fourth-order valence-electron chi connectivity index (χ4n) is 1.12. The molecule has 0 spiro atoms. The van der Waals surface area contributed by atoms with Crippen LogP contribution in [-0.4, -0.2) is 4.98 Å². The summed E-state index contributed by atoms with van der Waals surface area (Å²) < 4.78 is 25.6. The zero-order chi connectivity index (χ0) is 10.7. The Morgan fingerprint density at radius 2 is 2.27 bits per heavy atom. The fourth-order valence-corrected chi connectivity index (χ4v) is 1.79. The number of aromatic nitrogens is 1.